The summed E-state index contributed by atoms with van der Waals surface area (Å²) in [4.78, 5) is 6.52. The van der Waals surface area contributed by atoms with E-state index in [2.05, 4.69) is 27.3 Å². The van der Waals surface area contributed by atoms with Gasteiger partial charge in [-0.15, -0.1) is 24.0 Å². The third-order valence-corrected chi connectivity index (χ3v) is 2.96. The molecule has 100 valence electrons. The summed E-state index contributed by atoms with van der Waals surface area (Å²) in [5, 5.41) is 3.33. The first-order valence-corrected chi connectivity index (χ1v) is 5.88. The van der Waals surface area contributed by atoms with E-state index in [-0.39, 0.29) is 30.1 Å². The Labute approximate surface area is 125 Å². The lowest BCUT2D eigenvalue weighted by Gasteiger charge is -2.20. The minimum atomic E-state index is 0. The predicted molar refractivity (Wildman–Crippen MR) is 84.5 cm³/mol. The van der Waals surface area contributed by atoms with Crippen molar-refractivity contribution in [2.45, 2.75) is 6.10 Å². The van der Waals surface area contributed by atoms with Crippen LogP contribution in [-0.4, -0.2) is 44.7 Å². The lowest BCUT2D eigenvalue weighted by molar-refractivity contribution is 0.106. The zero-order valence-corrected chi connectivity index (χ0v) is 13.1. The minimum absolute atomic E-state index is 0. The zero-order valence-electron chi connectivity index (χ0n) is 10.8. The van der Waals surface area contributed by atoms with Gasteiger partial charge < -0.3 is 15.0 Å². The summed E-state index contributed by atoms with van der Waals surface area (Å²) < 4.78 is 5.50. The van der Waals surface area contributed by atoms with Crippen LogP contribution in [0.25, 0.3) is 0 Å². The molecule has 1 aliphatic heterocycles. The van der Waals surface area contributed by atoms with Crippen molar-refractivity contribution in [1.82, 2.24) is 10.2 Å². The van der Waals surface area contributed by atoms with Gasteiger partial charge in [-0.3, -0.25) is 4.99 Å². The molecule has 0 radical (unpaired) electrons. The summed E-state index contributed by atoms with van der Waals surface area (Å²) in [5.74, 6) is 0.961. The van der Waals surface area contributed by atoms with Crippen LogP contribution in [0.1, 0.15) is 11.7 Å². The summed E-state index contributed by atoms with van der Waals surface area (Å²) in [5.41, 5.74) is 1.18. The van der Waals surface area contributed by atoms with Crippen LogP contribution in [0, 0.1) is 0 Å². The van der Waals surface area contributed by atoms with E-state index in [1.54, 1.807) is 7.11 Å². The number of methoxy groups -OCH3 is 1. The smallest absolute Gasteiger partial charge is 0.193 e. The maximum Gasteiger partial charge on any atom is 0.193 e. The van der Waals surface area contributed by atoms with Gasteiger partial charge in [-0.05, 0) is 5.56 Å². The molecular weight excluding hydrogens is 341 g/mol. The SMILES string of the molecule is COC(CNC1=NCCN1C)c1ccccc1.I. The van der Waals surface area contributed by atoms with Crippen LogP contribution in [0.15, 0.2) is 35.3 Å². The van der Waals surface area contributed by atoms with E-state index in [4.69, 9.17) is 4.74 Å². The van der Waals surface area contributed by atoms with Gasteiger partial charge in [-0.1, -0.05) is 30.3 Å². The monoisotopic (exact) mass is 361 g/mol. The highest BCUT2D eigenvalue weighted by atomic mass is 127. The van der Waals surface area contributed by atoms with Gasteiger partial charge in [0.25, 0.3) is 0 Å². The van der Waals surface area contributed by atoms with Gasteiger partial charge >= 0.3 is 0 Å². The molecule has 0 bridgehead atoms. The number of benzene rings is 1. The molecule has 0 spiro atoms. The molecule has 1 heterocycles. The van der Waals surface area contributed by atoms with E-state index in [0.717, 1.165) is 25.6 Å². The fourth-order valence-corrected chi connectivity index (χ4v) is 1.91. The normalized spacial score (nSPS) is 15.9. The molecule has 0 aliphatic carbocycles. The van der Waals surface area contributed by atoms with Gasteiger partial charge in [0.15, 0.2) is 5.96 Å². The molecule has 18 heavy (non-hydrogen) atoms. The molecule has 0 saturated carbocycles. The minimum Gasteiger partial charge on any atom is -0.375 e. The van der Waals surface area contributed by atoms with Crippen molar-refractivity contribution < 1.29 is 4.74 Å². The van der Waals surface area contributed by atoms with Gasteiger partial charge in [0.2, 0.25) is 0 Å². The summed E-state index contributed by atoms with van der Waals surface area (Å²) in [7, 11) is 3.78. The Morgan fingerprint density at radius 3 is 2.67 bits per heavy atom. The number of rotatable bonds is 4. The highest BCUT2D eigenvalue weighted by molar-refractivity contribution is 14.0. The van der Waals surface area contributed by atoms with Gasteiger partial charge in [-0.2, -0.15) is 0 Å². The Morgan fingerprint density at radius 1 is 1.39 bits per heavy atom. The van der Waals surface area contributed by atoms with Gasteiger partial charge in [0, 0.05) is 27.2 Å². The van der Waals surface area contributed by atoms with Gasteiger partial charge in [0.05, 0.1) is 12.6 Å². The van der Waals surface area contributed by atoms with Crippen LogP contribution in [0.2, 0.25) is 0 Å². The second-order valence-corrected chi connectivity index (χ2v) is 4.14. The number of guanidine groups is 1. The Bertz CT molecular complexity index is 383. The number of ether oxygens (including phenoxy) is 1. The first kappa shape index (κ1) is 15.2. The van der Waals surface area contributed by atoms with Crippen LogP contribution in [0.5, 0.6) is 0 Å². The summed E-state index contributed by atoms with van der Waals surface area (Å²) >= 11 is 0. The summed E-state index contributed by atoms with van der Waals surface area (Å²) in [6.07, 6.45) is 0.0629. The van der Waals surface area contributed by atoms with E-state index in [0.29, 0.717) is 0 Å². The molecule has 4 nitrogen and oxygen atoms in total. The standard InChI is InChI=1S/C13H19N3O.HI/c1-16-9-8-14-13(16)15-10-12(17-2)11-6-4-3-5-7-11;/h3-7,12H,8-10H2,1-2H3,(H,14,15);1H. The molecule has 1 aliphatic rings. The Kier molecular flexibility index (Phi) is 6.42. The van der Waals surface area contributed by atoms with Crippen molar-refractivity contribution in [3.05, 3.63) is 35.9 Å². The van der Waals surface area contributed by atoms with Crippen LogP contribution >= 0.6 is 24.0 Å². The quantitative estimate of drug-likeness (QED) is 0.833. The Hall–Kier alpha value is -0.820. The van der Waals surface area contributed by atoms with Gasteiger partial charge in [0.1, 0.15) is 0 Å². The Morgan fingerprint density at radius 2 is 2.11 bits per heavy atom. The van der Waals surface area contributed by atoms with Crippen LogP contribution < -0.4 is 5.32 Å². The highest BCUT2D eigenvalue weighted by Crippen LogP contribution is 2.15. The van der Waals surface area contributed by atoms with Crippen molar-refractivity contribution in [1.29, 1.82) is 0 Å². The molecule has 5 heteroatoms. The molecule has 1 atom stereocenters. The molecule has 1 aromatic rings. The Balaban J connectivity index is 0.00000162. The number of aliphatic imine (C=N–C) groups is 1. The number of nitrogens with one attached hydrogen (secondary N) is 1. The van der Waals surface area contributed by atoms with Crippen molar-refractivity contribution in [2.24, 2.45) is 4.99 Å². The van der Waals surface area contributed by atoms with Crippen molar-refractivity contribution in [2.75, 3.05) is 33.8 Å². The maximum atomic E-state index is 5.50. The van der Waals surface area contributed by atoms with E-state index < -0.39 is 0 Å². The van der Waals surface area contributed by atoms with Crippen LogP contribution in [-0.2, 0) is 4.74 Å². The summed E-state index contributed by atoms with van der Waals surface area (Å²) in [6, 6.07) is 10.2. The highest BCUT2D eigenvalue weighted by Gasteiger charge is 2.15. The topological polar surface area (TPSA) is 36.9 Å². The number of halogens is 1. The molecule has 2 rings (SSSR count). The maximum absolute atomic E-state index is 5.50. The van der Waals surface area contributed by atoms with Crippen molar-refractivity contribution >= 4 is 29.9 Å². The van der Waals surface area contributed by atoms with E-state index >= 15 is 0 Å². The molecule has 1 aromatic carbocycles. The van der Waals surface area contributed by atoms with Gasteiger partial charge in [-0.25, -0.2) is 0 Å². The number of hydrogen-bond donors (Lipinski definition) is 1. The third-order valence-electron chi connectivity index (χ3n) is 2.96. The average molecular weight is 361 g/mol. The van der Waals surface area contributed by atoms with Crippen LogP contribution in [0.3, 0.4) is 0 Å². The fraction of sp³-hybridized carbons (Fsp3) is 0.462. The lowest BCUT2D eigenvalue weighted by Crippen LogP contribution is -2.38. The molecule has 1 N–H and O–H groups in total. The molecule has 0 saturated heterocycles. The number of hydrogen-bond acceptors (Lipinski definition) is 4. The molecule has 0 amide bonds. The van der Waals surface area contributed by atoms with E-state index in [9.17, 15) is 0 Å². The third kappa shape index (κ3) is 3.84. The first-order chi connectivity index (χ1) is 8.31. The lowest BCUT2D eigenvalue weighted by atomic mass is 10.1. The van der Waals surface area contributed by atoms with Crippen molar-refractivity contribution in [3.63, 3.8) is 0 Å². The van der Waals surface area contributed by atoms with Crippen LogP contribution in [0.4, 0.5) is 0 Å². The number of likely N-dealkylation sites (N-methyl/N-ethyl adjacent to an activating group) is 1. The average Bonchev–Trinajstić information content (AvgIpc) is 2.77. The van der Waals surface area contributed by atoms with E-state index in [1.165, 1.54) is 5.56 Å². The summed E-state index contributed by atoms with van der Waals surface area (Å²) in [6.45, 7) is 2.61. The molecule has 0 aromatic heterocycles. The molecular formula is C13H20IN3O. The van der Waals surface area contributed by atoms with E-state index in [1.807, 2.05) is 25.2 Å². The zero-order chi connectivity index (χ0) is 12.1. The largest absolute Gasteiger partial charge is 0.375 e. The van der Waals surface area contributed by atoms with Crippen molar-refractivity contribution in [3.8, 4) is 0 Å². The molecule has 1 unspecified atom stereocenters. The predicted octanol–water partition coefficient (Wildman–Crippen LogP) is 1.88. The first-order valence-electron chi connectivity index (χ1n) is 5.88. The number of nitrogens with zero attached hydrogens (tertiary/aromatic N) is 2. The second-order valence-electron chi connectivity index (χ2n) is 4.14. The fourth-order valence-electron chi connectivity index (χ4n) is 1.91. The molecule has 0 fully saturated rings. The second kappa shape index (κ2) is 7.58.